The van der Waals surface area contributed by atoms with E-state index in [0.29, 0.717) is 6.54 Å². The zero-order chi connectivity index (χ0) is 25.9. The minimum absolute atomic E-state index is 0.00513. The van der Waals surface area contributed by atoms with Crippen LogP contribution in [0.3, 0.4) is 0 Å². The van der Waals surface area contributed by atoms with Gasteiger partial charge in [0.15, 0.2) is 0 Å². The Morgan fingerprint density at radius 2 is 1.89 bits per heavy atom. The normalized spacial score (nSPS) is 24.1. The molecule has 0 saturated heterocycles. The third kappa shape index (κ3) is 7.09. The van der Waals surface area contributed by atoms with Gasteiger partial charge in [0.2, 0.25) is 11.8 Å². The zero-order valence-corrected chi connectivity index (χ0v) is 20.4. The Morgan fingerprint density at radius 3 is 2.49 bits per heavy atom. The van der Waals surface area contributed by atoms with Crippen molar-refractivity contribution in [2.24, 2.45) is 11.8 Å². The van der Waals surface area contributed by atoms with Crippen LogP contribution in [0.25, 0.3) is 0 Å². The third-order valence-corrected chi connectivity index (χ3v) is 6.30. The smallest absolute Gasteiger partial charge is 0.397 e. The predicted octanol–water partition coefficient (Wildman–Crippen LogP) is 3.32. The molecule has 3 atom stereocenters. The van der Waals surface area contributed by atoms with Crippen LogP contribution in [0.5, 0.6) is 5.75 Å². The molecule has 8 nitrogen and oxygen atoms in total. The van der Waals surface area contributed by atoms with Gasteiger partial charge in [0.25, 0.3) is 5.91 Å². The van der Waals surface area contributed by atoms with Gasteiger partial charge in [0.1, 0.15) is 18.8 Å². The molecular weight excluding hydrogens is 467 g/mol. The van der Waals surface area contributed by atoms with Gasteiger partial charge < -0.3 is 24.6 Å². The molecule has 35 heavy (non-hydrogen) atoms. The first-order chi connectivity index (χ1) is 16.4. The largest absolute Gasteiger partial charge is 0.491 e. The summed E-state index contributed by atoms with van der Waals surface area (Å²) in [6.07, 6.45) is -4.88. The molecule has 2 aliphatic rings. The van der Waals surface area contributed by atoms with Crippen molar-refractivity contribution in [3.8, 4) is 5.75 Å². The number of carbonyl (C=O) groups excluding carboxylic acids is 3. The Labute approximate surface area is 202 Å². The number of fused-ring (bicyclic) bond motifs is 1. The van der Waals surface area contributed by atoms with Crippen LogP contribution in [0.4, 0.5) is 18.9 Å². The molecule has 0 aromatic heterocycles. The summed E-state index contributed by atoms with van der Waals surface area (Å²) in [5, 5.41) is 2.20. The molecule has 1 fully saturated rings. The first-order valence-electron chi connectivity index (χ1n) is 11.6. The summed E-state index contributed by atoms with van der Waals surface area (Å²) in [6.45, 7) is 4.58. The fourth-order valence-electron chi connectivity index (χ4n) is 4.11. The van der Waals surface area contributed by atoms with E-state index in [9.17, 15) is 27.6 Å². The number of nitrogens with zero attached hydrogens (tertiary/aromatic N) is 2. The number of benzene rings is 1. The molecule has 1 N–H and O–H groups in total. The van der Waals surface area contributed by atoms with E-state index in [4.69, 9.17) is 9.47 Å². The van der Waals surface area contributed by atoms with E-state index < -0.39 is 18.5 Å². The Hall–Kier alpha value is -2.82. The molecule has 1 aromatic carbocycles. The molecule has 1 aromatic rings. The lowest BCUT2D eigenvalue weighted by atomic mass is 10.0. The maximum Gasteiger partial charge on any atom is 0.397 e. The average molecular weight is 500 g/mol. The number of nitrogens with one attached hydrogen (secondary N) is 1. The van der Waals surface area contributed by atoms with E-state index in [-0.39, 0.29) is 65.9 Å². The van der Waals surface area contributed by atoms with E-state index in [1.807, 2.05) is 13.8 Å². The van der Waals surface area contributed by atoms with Crippen molar-refractivity contribution in [1.82, 2.24) is 9.80 Å². The van der Waals surface area contributed by atoms with Crippen LogP contribution in [-0.2, 0) is 14.3 Å². The van der Waals surface area contributed by atoms with Crippen LogP contribution in [-0.4, -0.2) is 79.7 Å². The standard InChI is InChI=1S/C24H32F3N3O5/c1-14-11-30(22(32)16-5-6-16)15(2)13-35-19-9-17(28-21(31)10-24(25,26)27)7-8-18(19)23(33)29(3)12-20(14)34-4/h7-9,14-16,20H,5-6,10-13H2,1-4H3,(H,28,31)/t14-,15+,20+/m0/s1. The summed E-state index contributed by atoms with van der Waals surface area (Å²) in [7, 11) is 3.18. The molecule has 3 amide bonds. The Balaban J connectivity index is 1.91. The number of rotatable bonds is 4. The van der Waals surface area contributed by atoms with Crippen LogP contribution in [0.2, 0.25) is 0 Å². The molecule has 0 radical (unpaired) electrons. The first-order valence-corrected chi connectivity index (χ1v) is 11.6. The van der Waals surface area contributed by atoms with Crippen molar-refractivity contribution in [3.05, 3.63) is 23.8 Å². The Morgan fingerprint density at radius 1 is 1.20 bits per heavy atom. The van der Waals surface area contributed by atoms with Gasteiger partial charge in [-0.1, -0.05) is 6.92 Å². The first kappa shape index (κ1) is 26.8. The number of likely N-dealkylation sites (N-methyl/N-ethyl adjacent to an activating group) is 1. The minimum atomic E-state index is -4.64. The summed E-state index contributed by atoms with van der Waals surface area (Å²) in [4.78, 5) is 41.2. The summed E-state index contributed by atoms with van der Waals surface area (Å²) in [5.41, 5.74) is 0.263. The average Bonchev–Trinajstić information content (AvgIpc) is 3.61. The topological polar surface area (TPSA) is 88.2 Å². The van der Waals surface area contributed by atoms with Crippen molar-refractivity contribution < 1.29 is 37.0 Å². The van der Waals surface area contributed by atoms with Crippen molar-refractivity contribution >= 4 is 23.4 Å². The van der Waals surface area contributed by atoms with Crippen molar-refractivity contribution in [2.75, 3.05) is 39.2 Å². The highest BCUT2D eigenvalue weighted by atomic mass is 19.4. The van der Waals surface area contributed by atoms with Gasteiger partial charge in [0.05, 0.1) is 17.7 Å². The zero-order valence-electron chi connectivity index (χ0n) is 20.4. The number of hydrogen-bond acceptors (Lipinski definition) is 5. The predicted molar refractivity (Wildman–Crippen MR) is 122 cm³/mol. The van der Waals surface area contributed by atoms with Gasteiger partial charge in [-0.25, -0.2) is 0 Å². The fourth-order valence-corrected chi connectivity index (χ4v) is 4.11. The Bertz CT molecular complexity index is 951. The number of amides is 3. The maximum atomic E-state index is 13.2. The van der Waals surface area contributed by atoms with Crippen molar-refractivity contribution in [3.63, 3.8) is 0 Å². The molecule has 1 saturated carbocycles. The highest BCUT2D eigenvalue weighted by Crippen LogP contribution is 2.33. The van der Waals surface area contributed by atoms with E-state index >= 15 is 0 Å². The van der Waals surface area contributed by atoms with Crippen LogP contribution in [0.1, 0.15) is 43.5 Å². The summed E-state index contributed by atoms with van der Waals surface area (Å²) in [6, 6.07) is 3.77. The molecule has 0 unspecified atom stereocenters. The van der Waals surface area contributed by atoms with E-state index in [2.05, 4.69) is 5.32 Å². The number of methoxy groups -OCH3 is 1. The van der Waals surface area contributed by atoms with Gasteiger partial charge in [-0.2, -0.15) is 13.2 Å². The molecule has 1 heterocycles. The SMILES string of the molecule is CO[C@@H]1CN(C)C(=O)c2ccc(NC(=O)CC(F)(F)F)cc2OC[C@@H](C)N(C(=O)C2CC2)C[C@@H]1C. The highest BCUT2D eigenvalue weighted by Gasteiger charge is 2.37. The second-order valence-corrected chi connectivity index (χ2v) is 9.41. The third-order valence-electron chi connectivity index (χ3n) is 6.30. The van der Waals surface area contributed by atoms with Gasteiger partial charge >= 0.3 is 6.18 Å². The number of ether oxygens (including phenoxy) is 2. The Kier molecular flexibility index (Phi) is 8.30. The maximum absolute atomic E-state index is 13.2. The van der Waals surface area contributed by atoms with E-state index in [1.54, 1.807) is 19.1 Å². The van der Waals surface area contributed by atoms with Crippen LogP contribution in [0.15, 0.2) is 18.2 Å². The minimum Gasteiger partial charge on any atom is -0.491 e. The second-order valence-electron chi connectivity index (χ2n) is 9.41. The summed E-state index contributed by atoms with van der Waals surface area (Å²) < 4.78 is 49.2. The van der Waals surface area contributed by atoms with Gasteiger partial charge in [0, 0.05) is 50.8 Å². The van der Waals surface area contributed by atoms with Gasteiger partial charge in [-0.3, -0.25) is 14.4 Å². The van der Waals surface area contributed by atoms with Gasteiger partial charge in [-0.15, -0.1) is 0 Å². The van der Waals surface area contributed by atoms with Crippen LogP contribution in [0, 0.1) is 11.8 Å². The lowest BCUT2D eigenvalue weighted by Gasteiger charge is -2.36. The van der Waals surface area contributed by atoms with Crippen molar-refractivity contribution in [2.45, 2.75) is 51.4 Å². The molecular formula is C24H32F3N3O5. The molecule has 11 heteroatoms. The van der Waals surface area contributed by atoms with E-state index in [1.165, 1.54) is 23.1 Å². The molecule has 194 valence electrons. The number of alkyl halides is 3. The van der Waals surface area contributed by atoms with Gasteiger partial charge in [-0.05, 0) is 31.9 Å². The molecule has 3 rings (SSSR count). The summed E-state index contributed by atoms with van der Waals surface area (Å²) >= 11 is 0. The van der Waals surface area contributed by atoms with Crippen LogP contribution >= 0.6 is 0 Å². The molecule has 0 bridgehead atoms. The van der Waals surface area contributed by atoms with E-state index in [0.717, 1.165) is 12.8 Å². The second kappa shape index (κ2) is 10.8. The molecule has 1 aliphatic carbocycles. The van der Waals surface area contributed by atoms with Crippen molar-refractivity contribution in [1.29, 1.82) is 0 Å². The number of hydrogen-bond donors (Lipinski definition) is 1. The monoisotopic (exact) mass is 499 g/mol. The lowest BCUT2D eigenvalue weighted by molar-refractivity contribution is -0.150. The number of anilines is 1. The summed E-state index contributed by atoms with van der Waals surface area (Å²) in [5.74, 6) is -1.46. The highest BCUT2D eigenvalue weighted by molar-refractivity contribution is 5.98. The lowest BCUT2D eigenvalue weighted by Crippen LogP contribution is -2.49. The fraction of sp³-hybridized carbons (Fsp3) is 0.625. The van der Waals surface area contributed by atoms with Crippen LogP contribution < -0.4 is 10.1 Å². The molecule has 0 spiro atoms. The number of carbonyl (C=O) groups is 3. The molecule has 1 aliphatic heterocycles. The quantitative estimate of drug-likeness (QED) is 0.687. The number of halogens is 3.